The van der Waals surface area contributed by atoms with Gasteiger partial charge in [-0.15, -0.1) is 0 Å². The van der Waals surface area contributed by atoms with E-state index in [1.165, 1.54) is 4.90 Å². The monoisotopic (exact) mass is 570 g/mol. The first kappa shape index (κ1) is 24.8. The van der Waals surface area contributed by atoms with E-state index in [4.69, 9.17) is 9.96 Å². The molecular formula is C16H24Br2N6O5S. The molecule has 1 atom stereocenters. The van der Waals surface area contributed by atoms with Crippen molar-refractivity contribution in [2.75, 3.05) is 25.4 Å². The Labute approximate surface area is 191 Å². The van der Waals surface area contributed by atoms with Gasteiger partial charge in [-0.3, -0.25) is 30.2 Å². The molecule has 0 aromatic carbocycles. The molecule has 1 saturated heterocycles. The minimum Gasteiger partial charge on any atom is -0.351 e. The molecule has 1 aromatic heterocycles. The number of nitrogens with zero attached hydrogens (tertiary/aromatic N) is 2. The van der Waals surface area contributed by atoms with Crippen LogP contribution in [0.4, 0.5) is 0 Å². The summed E-state index contributed by atoms with van der Waals surface area (Å²) in [7, 11) is -2.46. The highest BCUT2D eigenvalue weighted by Gasteiger charge is 2.49. The molecule has 1 aliphatic rings. The summed E-state index contributed by atoms with van der Waals surface area (Å²) in [6, 6.07) is 1.68. The summed E-state index contributed by atoms with van der Waals surface area (Å²) in [5.74, 6) is -1.43. The minimum atomic E-state index is -4.20. The summed E-state index contributed by atoms with van der Waals surface area (Å²) in [4.78, 5) is 26.5. The maximum Gasteiger partial charge on any atom is 0.267 e. The van der Waals surface area contributed by atoms with Crippen molar-refractivity contribution in [3.05, 3.63) is 20.8 Å². The van der Waals surface area contributed by atoms with E-state index in [0.29, 0.717) is 18.7 Å². The zero-order valence-electron chi connectivity index (χ0n) is 16.5. The third-order valence-electron chi connectivity index (χ3n) is 4.78. The van der Waals surface area contributed by atoms with Gasteiger partial charge >= 0.3 is 0 Å². The number of rotatable bonds is 10. The van der Waals surface area contributed by atoms with Crippen LogP contribution in [0.1, 0.15) is 30.3 Å². The van der Waals surface area contributed by atoms with Gasteiger partial charge in [-0.05, 0) is 57.7 Å². The summed E-state index contributed by atoms with van der Waals surface area (Å²) in [6.45, 7) is 2.18. The lowest BCUT2D eigenvalue weighted by Crippen LogP contribution is -2.61. The largest absolute Gasteiger partial charge is 0.351 e. The van der Waals surface area contributed by atoms with Crippen LogP contribution in [-0.2, 0) is 22.0 Å². The second-order valence-electron chi connectivity index (χ2n) is 6.71. The first-order valence-corrected chi connectivity index (χ1v) is 12.3. The van der Waals surface area contributed by atoms with Gasteiger partial charge in [0.2, 0.25) is 0 Å². The third-order valence-corrected chi connectivity index (χ3v) is 7.60. The van der Waals surface area contributed by atoms with Gasteiger partial charge in [0, 0.05) is 26.7 Å². The van der Waals surface area contributed by atoms with Crippen molar-refractivity contribution < 1.29 is 22.6 Å². The SMILES string of the molecule is CCN1C(=N)NC(=O)[C@]1(CCCNC(=O)c1cc(Br)c(Br)n1C)NCCS(=O)(=O)O. The van der Waals surface area contributed by atoms with Crippen molar-refractivity contribution in [3.8, 4) is 0 Å². The van der Waals surface area contributed by atoms with E-state index < -0.39 is 27.4 Å². The van der Waals surface area contributed by atoms with Gasteiger partial charge < -0.3 is 14.8 Å². The molecule has 0 bridgehead atoms. The minimum absolute atomic E-state index is 0.0931. The number of halogens is 2. The lowest BCUT2D eigenvalue weighted by Gasteiger charge is -2.36. The fourth-order valence-corrected chi connectivity index (χ4v) is 4.46. The molecule has 2 heterocycles. The van der Waals surface area contributed by atoms with Crippen molar-refractivity contribution in [1.29, 1.82) is 5.41 Å². The van der Waals surface area contributed by atoms with Crippen LogP contribution in [0.15, 0.2) is 15.1 Å². The van der Waals surface area contributed by atoms with E-state index in [9.17, 15) is 18.0 Å². The standard InChI is InChI=1S/C16H24Br2N6O5S/c1-3-24-15(19)22-14(26)16(24,21-7-8-30(27,28)29)5-4-6-20-13(25)11-9-10(17)12(18)23(11)2/h9,21H,3-8H2,1-2H3,(H,20,25)(H2,19,22,26)(H,27,28,29)/t16-/m1/s1. The number of carbonyl (C=O) groups is 2. The molecule has 0 radical (unpaired) electrons. The Morgan fingerprint density at radius 2 is 2.03 bits per heavy atom. The van der Waals surface area contributed by atoms with Crippen molar-refractivity contribution in [3.63, 3.8) is 0 Å². The molecule has 2 amide bonds. The first-order chi connectivity index (χ1) is 13.9. The van der Waals surface area contributed by atoms with Gasteiger partial charge in [0.05, 0.1) is 14.8 Å². The lowest BCUT2D eigenvalue weighted by molar-refractivity contribution is -0.128. The summed E-state index contributed by atoms with van der Waals surface area (Å²) < 4.78 is 34.2. The maximum atomic E-state index is 12.6. The highest BCUT2D eigenvalue weighted by molar-refractivity contribution is 9.13. The molecule has 0 saturated carbocycles. The van der Waals surface area contributed by atoms with E-state index in [-0.39, 0.29) is 31.4 Å². The van der Waals surface area contributed by atoms with Crippen molar-refractivity contribution in [1.82, 2.24) is 25.4 Å². The lowest BCUT2D eigenvalue weighted by atomic mass is 10.0. The summed E-state index contributed by atoms with van der Waals surface area (Å²) in [6.07, 6.45) is 0.593. The van der Waals surface area contributed by atoms with Crippen LogP contribution < -0.4 is 16.0 Å². The maximum absolute atomic E-state index is 12.6. The third kappa shape index (κ3) is 5.41. The molecular weight excluding hydrogens is 548 g/mol. The smallest absolute Gasteiger partial charge is 0.267 e. The van der Waals surface area contributed by atoms with Gasteiger partial charge in [-0.2, -0.15) is 8.42 Å². The van der Waals surface area contributed by atoms with Gasteiger partial charge in [0.15, 0.2) is 11.6 Å². The Kier molecular flexibility index (Phi) is 8.07. The topological polar surface area (TPSA) is 157 Å². The van der Waals surface area contributed by atoms with E-state index in [2.05, 4.69) is 47.8 Å². The van der Waals surface area contributed by atoms with Crippen LogP contribution in [-0.4, -0.2) is 71.3 Å². The molecule has 1 fully saturated rings. The molecule has 2 rings (SSSR count). The molecule has 5 N–H and O–H groups in total. The molecule has 0 unspecified atom stereocenters. The fraction of sp³-hybridized carbons (Fsp3) is 0.562. The predicted molar refractivity (Wildman–Crippen MR) is 118 cm³/mol. The zero-order valence-corrected chi connectivity index (χ0v) is 20.4. The molecule has 0 spiro atoms. The number of hydrogen-bond acceptors (Lipinski definition) is 6. The van der Waals surface area contributed by atoms with E-state index in [1.807, 2.05) is 0 Å². The average molecular weight is 572 g/mol. The van der Waals surface area contributed by atoms with Crippen LogP contribution in [0.25, 0.3) is 0 Å². The van der Waals surface area contributed by atoms with Gasteiger partial charge in [0.25, 0.3) is 21.9 Å². The zero-order chi connectivity index (χ0) is 22.7. The van der Waals surface area contributed by atoms with E-state index >= 15 is 0 Å². The predicted octanol–water partition coefficient (Wildman–Crippen LogP) is 0.620. The number of guanidine groups is 1. The Morgan fingerprint density at radius 3 is 2.57 bits per heavy atom. The van der Waals surface area contributed by atoms with Crippen molar-refractivity contribution in [2.24, 2.45) is 7.05 Å². The number of aromatic nitrogens is 1. The Hall–Kier alpha value is -1.48. The van der Waals surface area contributed by atoms with Crippen LogP contribution in [0.3, 0.4) is 0 Å². The van der Waals surface area contributed by atoms with Gasteiger partial charge in [-0.1, -0.05) is 0 Å². The van der Waals surface area contributed by atoms with Crippen LogP contribution in [0.5, 0.6) is 0 Å². The summed E-state index contributed by atoms with van der Waals surface area (Å²) in [5, 5.41) is 16.1. The highest BCUT2D eigenvalue weighted by Crippen LogP contribution is 2.26. The highest BCUT2D eigenvalue weighted by atomic mass is 79.9. The number of hydrogen-bond donors (Lipinski definition) is 5. The molecule has 168 valence electrons. The molecule has 0 aliphatic carbocycles. The Morgan fingerprint density at radius 1 is 1.37 bits per heavy atom. The normalized spacial score (nSPS) is 19.3. The number of carbonyl (C=O) groups excluding carboxylic acids is 2. The van der Waals surface area contributed by atoms with Crippen molar-refractivity contribution >= 4 is 59.8 Å². The fourth-order valence-electron chi connectivity index (χ4n) is 3.32. The summed E-state index contributed by atoms with van der Waals surface area (Å²) in [5.41, 5.74) is -0.886. The molecule has 1 aromatic rings. The Bertz CT molecular complexity index is 950. The van der Waals surface area contributed by atoms with Gasteiger partial charge in [-0.25, -0.2) is 0 Å². The molecule has 30 heavy (non-hydrogen) atoms. The second-order valence-corrected chi connectivity index (χ2v) is 9.88. The number of nitrogens with one attached hydrogen (secondary N) is 4. The van der Waals surface area contributed by atoms with Gasteiger partial charge in [0.1, 0.15) is 5.69 Å². The first-order valence-electron chi connectivity index (χ1n) is 9.09. The second kappa shape index (κ2) is 9.77. The number of amides is 2. The van der Waals surface area contributed by atoms with Crippen LogP contribution in [0.2, 0.25) is 0 Å². The van der Waals surface area contributed by atoms with Crippen molar-refractivity contribution in [2.45, 2.75) is 25.4 Å². The van der Waals surface area contributed by atoms with E-state index in [1.54, 1.807) is 24.6 Å². The average Bonchev–Trinajstić information content (AvgIpc) is 3.04. The quantitative estimate of drug-likeness (QED) is 0.203. The summed E-state index contributed by atoms with van der Waals surface area (Å²) >= 11 is 6.71. The molecule has 1 aliphatic heterocycles. The van der Waals surface area contributed by atoms with E-state index in [0.717, 1.165) is 9.08 Å². The molecule has 11 nitrogen and oxygen atoms in total. The van der Waals surface area contributed by atoms with Crippen LogP contribution in [0, 0.1) is 5.41 Å². The Balaban J connectivity index is 2.04. The molecule has 14 heteroatoms. The number of likely N-dealkylation sites (N-methyl/N-ethyl adjacent to an activating group) is 1. The van der Waals surface area contributed by atoms with Crippen LogP contribution >= 0.6 is 31.9 Å².